The quantitative estimate of drug-likeness (QED) is 0.344. The molecule has 0 saturated heterocycles. The zero-order valence-corrected chi connectivity index (χ0v) is 19.5. The first-order valence-corrected chi connectivity index (χ1v) is 11.0. The number of aliphatic hydroxyl groups is 1. The van der Waals surface area contributed by atoms with Crippen LogP contribution >= 0.6 is 11.6 Å². The fourth-order valence-corrected chi connectivity index (χ4v) is 3.41. The number of carbonyl (C=O) groups is 1. The van der Waals surface area contributed by atoms with Gasteiger partial charge in [-0.3, -0.25) is 4.79 Å². The van der Waals surface area contributed by atoms with Gasteiger partial charge in [0, 0.05) is 23.2 Å². The first kappa shape index (κ1) is 23.4. The number of halogens is 1. The maximum absolute atomic E-state index is 12.7. The minimum Gasteiger partial charge on any atom is -0.491 e. The summed E-state index contributed by atoms with van der Waals surface area (Å²) in [4.78, 5) is 19.8. The fraction of sp³-hybridized carbons (Fsp3) is 0.200. The number of nitrogens with zero attached hydrogens (tertiary/aromatic N) is 3. The second kappa shape index (κ2) is 10.0. The van der Waals surface area contributed by atoms with Crippen molar-refractivity contribution in [2.75, 3.05) is 11.9 Å². The third kappa shape index (κ3) is 6.18. The van der Waals surface area contributed by atoms with Gasteiger partial charge in [-0.1, -0.05) is 41.9 Å². The molecule has 0 aliphatic rings. The van der Waals surface area contributed by atoms with Crippen LogP contribution in [0.4, 0.5) is 5.82 Å². The van der Waals surface area contributed by atoms with E-state index in [2.05, 4.69) is 25.5 Å². The van der Waals surface area contributed by atoms with Crippen molar-refractivity contribution in [1.82, 2.24) is 20.2 Å². The molecular formula is C25H24ClN5O3. The van der Waals surface area contributed by atoms with Gasteiger partial charge >= 0.3 is 0 Å². The molecule has 1 amide bonds. The predicted octanol–water partition coefficient (Wildman–Crippen LogP) is 4.51. The molecule has 2 aromatic carbocycles. The summed E-state index contributed by atoms with van der Waals surface area (Å²) in [6, 6.07) is 18.5. The standard InChI is InChI=1S/C25H24ClN5O3/c1-25(2,33)15-34-18-8-9-20(26)19(14-18)17-10-11-27-21(13-17)29-24(32)23-28-22(30-31-23)12-16-6-4-3-5-7-16/h3-11,13-14,33H,12,15H2,1-2H3,(H,27,29,32)(H,28,30,31). The van der Waals surface area contributed by atoms with Crippen LogP contribution in [0, 0.1) is 0 Å². The van der Waals surface area contributed by atoms with Crippen molar-refractivity contribution >= 4 is 23.3 Å². The Kier molecular flexibility index (Phi) is 6.90. The summed E-state index contributed by atoms with van der Waals surface area (Å²) >= 11 is 6.41. The van der Waals surface area contributed by atoms with Crippen LogP contribution in [0.2, 0.25) is 5.02 Å². The van der Waals surface area contributed by atoms with E-state index in [1.165, 1.54) is 0 Å². The number of anilines is 1. The second-order valence-electron chi connectivity index (χ2n) is 8.41. The Morgan fingerprint density at radius 2 is 1.91 bits per heavy atom. The normalized spacial score (nSPS) is 11.3. The molecule has 0 saturated carbocycles. The summed E-state index contributed by atoms with van der Waals surface area (Å²) in [5.74, 6) is 1.13. The van der Waals surface area contributed by atoms with Crippen LogP contribution in [0.15, 0.2) is 66.9 Å². The van der Waals surface area contributed by atoms with E-state index in [0.29, 0.717) is 34.4 Å². The zero-order valence-electron chi connectivity index (χ0n) is 18.7. The molecule has 0 aliphatic heterocycles. The monoisotopic (exact) mass is 477 g/mol. The summed E-state index contributed by atoms with van der Waals surface area (Å²) in [6.07, 6.45) is 2.12. The van der Waals surface area contributed by atoms with Crippen LogP contribution in [0.5, 0.6) is 5.75 Å². The molecule has 4 rings (SSSR count). The van der Waals surface area contributed by atoms with E-state index in [0.717, 1.165) is 11.1 Å². The molecule has 3 N–H and O–H groups in total. The van der Waals surface area contributed by atoms with Gasteiger partial charge in [-0.05, 0) is 55.3 Å². The van der Waals surface area contributed by atoms with Gasteiger partial charge in [-0.15, -0.1) is 10.2 Å². The van der Waals surface area contributed by atoms with E-state index in [1.807, 2.05) is 30.3 Å². The van der Waals surface area contributed by atoms with Gasteiger partial charge in [-0.25, -0.2) is 4.98 Å². The van der Waals surface area contributed by atoms with Gasteiger partial charge in [0.15, 0.2) is 0 Å². The molecule has 4 aromatic rings. The number of rotatable bonds is 8. The number of hydrogen-bond donors (Lipinski definition) is 3. The summed E-state index contributed by atoms with van der Waals surface area (Å²) in [6.45, 7) is 3.47. The molecule has 8 nitrogen and oxygen atoms in total. The molecule has 34 heavy (non-hydrogen) atoms. The topological polar surface area (TPSA) is 113 Å². The number of aromatic amines is 1. The Morgan fingerprint density at radius 3 is 2.68 bits per heavy atom. The molecule has 2 aromatic heterocycles. The van der Waals surface area contributed by atoms with Crippen LogP contribution in [0.3, 0.4) is 0 Å². The van der Waals surface area contributed by atoms with E-state index in [9.17, 15) is 9.90 Å². The number of benzene rings is 2. The minimum atomic E-state index is -0.963. The van der Waals surface area contributed by atoms with Crippen molar-refractivity contribution in [1.29, 1.82) is 0 Å². The fourth-order valence-electron chi connectivity index (χ4n) is 3.19. The van der Waals surface area contributed by atoms with Gasteiger partial charge in [0.05, 0.1) is 5.60 Å². The Morgan fingerprint density at radius 1 is 1.12 bits per heavy atom. The molecule has 0 radical (unpaired) electrons. The molecular weight excluding hydrogens is 454 g/mol. The predicted molar refractivity (Wildman–Crippen MR) is 130 cm³/mol. The molecule has 0 unspecified atom stereocenters. The van der Waals surface area contributed by atoms with Gasteiger partial charge in [-0.2, -0.15) is 0 Å². The molecule has 0 aliphatic carbocycles. The number of pyridine rings is 1. The number of ether oxygens (including phenoxy) is 1. The van der Waals surface area contributed by atoms with Crippen LogP contribution in [0.25, 0.3) is 11.1 Å². The van der Waals surface area contributed by atoms with Crippen molar-refractivity contribution in [2.24, 2.45) is 0 Å². The van der Waals surface area contributed by atoms with Gasteiger partial charge in [0.2, 0.25) is 5.82 Å². The first-order chi connectivity index (χ1) is 16.3. The lowest BCUT2D eigenvalue weighted by atomic mass is 10.1. The summed E-state index contributed by atoms with van der Waals surface area (Å²) in [5.41, 5.74) is 1.55. The van der Waals surface area contributed by atoms with Gasteiger partial charge in [0.25, 0.3) is 5.91 Å². The Bertz CT molecular complexity index is 1290. The van der Waals surface area contributed by atoms with Crippen molar-refractivity contribution in [3.63, 3.8) is 0 Å². The summed E-state index contributed by atoms with van der Waals surface area (Å²) < 4.78 is 5.67. The van der Waals surface area contributed by atoms with Gasteiger partial charge in [0.1, 0.15) is 24.0 Å². The number of amides is 1. The second-order valence-corrected chi connectivity index (χ2v) is 8.82. The molecule has 2 heterocycles. The number of aromatic nitrogens is 4. The average Bonchev–Trinajstić information content (AvgIpc) is 3.27. The van der Waals surface area contributed by atoms with E-state index in [4.69, 9.17) is 16.3 Å². The molecule has 0 fully saturated rings. The summed E-state index contributed by atoms with van der Waals surface area (Å²) in [5, 5.41) is 21.2. The molecule has 0 atom stereocenters. The number of carbonyl (C=O) groups excluding carboxylic acids is 1. The highest BCUT2D eigenvalue weighted by Crippen LogP contribution is 2.32. The summed E-state index contributed by atoms with van der Waals surface area (Å²) in [7, 11) is 0. The van der Waals surface area contributed by atoms with Crippen LogP contribution < -0.4 is 10.1 Å². The smallest absolute Gasteiger partial charge is 0.294 e. The van der Waals surface area contributed by atoms with E-state index >= 15 is 0 Å². The van der Waals surface area contributed by atoms with Crippen LogP contribution in [-0.4, -0.2) is 43.4 Å². The lowest BCUT2D eigenvalue weighted by Gasteiger charge is -2.18. The average molecular weight is 478 g/mol. The number of hydrogen-bond acceptors (Lipinski definition) is 6. The highest BCUT2D eigenvalue weighted by molar-refractivity contribution is 6.33. The molecule has 0 bridgehead atoms. The third-order valence-electron chi connectivity index (χ3n) is 4.81. The van der Waals surface area contributed by atoms with Crippen LogP contribution in [-0.2, 0) is 6.42 Å². The Hall–Kier alpha value is -3.75. The van der Waals surface area contributed by atoms with Crippen molar-refractivity contribution in [2.45, 2.75) is 25.9 Å². The largest absolute Gasteiger partial charge is 0.491 e. The lowest BCUT2D eigenvalue weighted by Crippen LogP contribution is -2.27. The Labute approximate surface area is 202 Å². The lowest BCUT2D eigenvalue weighted by molar-refractivity contribution is 0.0285. The maximum atomic E-state index is 12.7. The Balaban J connectivity index is 1.47. The molecule has 174 valence electrons. The van der Waals surface area contributed by atoms with E-state index in [-0.39, 0.29) is 12.4 Å². The number of nitrogens with one attached hydrogen (secondary N) is 2. The molecule has 0 spiro atoms. The van der Waals surface area contributed by atoms with Gasteiger partial charge < -0.3 is 20.1 Å². The minimum absolute atomic E-state index is 0.0955. The first-order valence-electron chi connectivity index (χ1n) is 10.6. The van der Waals surface area contributed by atoms with Crippen LogP contribution in [0.1, 0.15) is 35.9 Å². The SMILES string of the molecule is CC(C)(O)COc1ccc(Cl)c(-c2ccnc(NC(=O)c3nnc(Cc4ccccc4)[nH]3)c2)c1. The molecule has 9 heteroatoms. The number of H-pyrrole nitrogens is 1. The van der Waals surface area contributed by atoms with Crippen molar-refractivity contribution in [3.05, 3.63) is 89.1 Å². The highest BCUT2D eigenvalue weighted by atomic mass is 35.5. The highest BCUT2D eigenvalue weighted by Gasteiger charge is 2.16. The zero-order chi connectivity index (χ0) is 24.1. The van der Waals surface area contributed by atoms with E-state index < -0.39 is 11.5 Å². The third-order valence-corrected chi connectivity index (χ3v) is 5.13. The van der Waals surface area contributed by atoms with Crippen molar-refractivity contribution < 1.29 is 14.6 Å². The maximum Gasteiger partial charge on any atom is 0.294 e. The van der Waals surface area contributed by atoms with E-state index in [1.54, 1.807) is 50.4 Å². The van der Waals surface area contributed by atoms with Crippen molar-refractivity contribution in [3.8, 4) is 16.9 Å².